The van der Waals surface area contributed by atoms with Crippen molar-refractivity contribution in [3.05, 3.63) is 94.5 Å². The standard InChI is InChI=1S/C38H43ClN4O6Si/c1-24-36(50(2,3)48)33(21-35(46)41-19-7-10-29(41)23-44)49-38(24)30-20-27(39)13-17-32(30)42(37(38)47)22-25-11-14-28(15-12-25)43-34(45)18-16-31(40-43)26-8-5-4-6-9-26/h4-6,8-9,11-15,17,20,24,29,33,36,44,48H,7,10,16,18-19,21-23H2,1-3H3/t24-,29-,33+,36-,38+/m0/s1. The number of carbonyl (C=O) groups excluding carboxylic acids is 3. The summed E-state index contributed by atoms with van der Waals surface area (Å²) >= 11 is 6.55. The molecule has 0 bridgehead atoms. The summed E-state index contributed by atoms with van der Waals surface area (Å²) in [6.07, 6.45) is 1.82. The van der Waals surface area contributed by atoms with Gasteiger partial charge in [0, 0.05) is 41.4 Å². The van der Waals surface area contributed by atoms with Gasteiger partial charge in [-0.1, -0.05) is 61.0 Å². The molecule has 0 saturated carbocycles. The van der Waals surface area contributed by atoms with E-state index in [1.807, 2.05) is 80.7 Å². The first kappa shape index (κ1) is 34.6. The fourth-order valence-corrected chi connectivity index (χ4v) is 11.3. The molecule has 3 amide bonds. The van der Waals surface area contributed by atoms with E-state index in [9.17, 15) is 24.3 Å². The predicted molar refractivity (Wildman–Crippen MR) is 194 cm³/mol. The van der Waals surface area contributed by atoms with E-state index in [0.717, 1.165) is 29.7 Å². The molecular weight excluding hydrogens is 672 g/mol. The molecule has 10 nitrogen and oxygen atoms in total. The summed E-state index contributed by atoms with van der Waals surface area (Å²) < 4.78 is 6.83. The monoisotopic (exact) mass is 714 g/mol. The van der Waals surface area contributed by atoms with E-state index < -0.39 is 31.5 Å². The van der Waals surface area contributed by atoms with Gasteiger partial charge in [0.25, 0.3) is 5.91 Å². The lowest BCUT2D eigenvalue weighted by atomic mass is 9.82. The van der Waals surface area contributed by atoms with Crippen molar-refractivity contribution in [1.82, 2.24) is 4.90 Å². The van der Waals surface area contributed by atoms with Crippen LogP contribution in [0.4, 0.5) is 11.4 Å². The second-order valence-electron chi connectivity index (χ2n) is 14.5. The number of benzene rings is 3. The SMILES string of the molecule is C[C@H]1[C@H]([Si](C)(C)O)[C@@H](CC(=O)N2CCC[C@H]2CO)O[C@]12C(=O)N(Cc1ccc(N3N=C(c4ccccc4)CCC3=O)cc1)c1ccc(Cl)cc12. The maximum absolute atomic E-state index is 14.8. The van der Waals surface area contributed by atoms with Crippen molar-refractivity contribution in [3.63, 3.8) is 0 Å². The van der Waals surface area contributed by atoms with Crippen LogP contribution in [0.1, 0.15) is 55.7 Å². The van der Waals surface area contributed by atoms with Crippen LogP contribution in [0.15, 0.2) is 77.9 Å². The number of fused-ring (bicyclic) bond motifs is 2. The Kier molecular flexibility index (Phi) is 9.23. The number of aliphatic hydroxyl groups excluding tert-OH is 1. The van der Waals surface area contributed by atoms with E-state index >= 15 is 0 Å². The summed E-state index contributed by atoms with van der Waals surface area (Å²) in [5.41, 5.74) is 2.76. The van der Waals surface area contributed by atoms with Crippen LogP contribution in [-0.4, -0.2) is 71.9 Å². The van der Waals surface area contributed by atoms with Crippen LogP contribution in [0.25, 0.3) is 0 Å². The number of hydrogen-bond acceptors (Lipinski definition) is 7. The molecule has 4 aliphatic rings. The van der Waals surface area contributed by atoms with Crippen molar-refractivity contribution in [2.75, 3.05) is 23.1 Å². The van der Waals surface area contributed by atoms with Crippen molar-refractivity contribution in [2.24, 2.45) is 11.0 Å². The third-order valence-electron chi connectivity index (χ3n) is 10.9. The van der Waals surface area contributed by atoms with Crippen LogP contribution in [-0.2, 0) is 31.3 Å². The number of ether oxygens (including phenoxy) is 1. The Balaban J connectivity index is 1.17. The van der Waals surface area contributed by atoms with Crippen molar-refractivity contribution in [2.45, 2.75) is 82.0 Å². The van der Waals surface area contributed by atoms with Crippen LogP contribution in [0.3, 0.4) is 0 Å². The highest BCUT2D eigenvalue weighted by Crippen LogP contribution is 2.60. The third-order valence-corrected chi connectivity index (χ3v) is 13.6. The van der Waals surface area contributed by atoms with Gasteiger partial charge >= 0.3 is 0 Å². The topological polar surface area (TPSA) is 123 Å². The quantitative estimate of drug-likeness (QED) is 0.294. The average Bonchev–Trinajstić information content (AvgIpc) is 3.76. The summed E-state index contributed by atoms with van der Waals surface area (Å²) in [4.78, 5) is 56.3. The minimum atomic E-state index is -2.98. The highest BCUT2D eigenvalue weighted by atomic mass is 35.5. The van der Waals surface area contributed by atoms with Crippen molar-refractivity contribution >= 4 is 54.7 Å². The number of halogens is 1. The van der Waals surface area contributed by atoms with Gasteiger partial charge in [0.1, 0.15) is 0 Å². The normalized spacial score (nSPS) is 26.6. The van der Waals surface area contributed by atoms with Gasteiger partial charge < -0.3 is 24.4 Å². The van der Waals surface area contributed by atoms with Crippen LogP contribution < -0.4 is 9.91 Å². The summed E-state index contributed by atoms with van der Waals surface area (Å²) in [7, 11) is -2.98. The molecule has 2 saturated heterocycles. The molecule has 50 heavy (non-hydrogen) atoms. The highest BCUT2D eigenvalue weighted by molar-refractivity contribution is 6.71. The van der Waals surface area contributed by atoms with Crippen LogP contribution in [0, 0.1) is 5.92 Å². The Bertz CT molecular complexity index is 1830. The van der Waals surface area contributed by atoms with Crippen molar-refractivity contribution in [3.8, 4) is 0 Å². The molecule has 3 aromatic carbocycles. The number of rotatable bonds is 8. The maximum Gasteiger partial charge on any atom is 0.264 e. The molecule has 4 heterocycles. The summed E-state index contributed by atoms with van der Waals surface area (Å²) in [5.74, 6) is -0.928. The molecule has 12 heteroatoms. The maximum atomic E-state index is 14.8. The zero-order chi connectivity index (χ0) is 35.4. The molecule has 4 aliphatic heterocycles. The van der Waals surface area contributed by atoms with Gasteiger partial charge in [-0.25, -0.2) is 5.01 Å². The lowest BCUT2D eigenvalue weighted by molar-refractivity contribution is -0.150. The largest absolute Gasteiger partial charge is 0.432 e. The first-order valence-electron chi connectivity index (χ1n) is 17.4. The zero-order valence-electron chi connectivity index (χ0n) is 28.6. The summed E-state index contributed by atoms with van der Waals surface area (Å²) in [6.45, 7) is 6.30. The van der Waals surface area contributed by atoms with Crippen LogP contribution in [0.5, 0.6) is 0 Å². The lowest BCUT2D eigenvalue weighted by Crippen LogP contribution is -2.46. The third kappa shape index (κ3) is 5.98. The number of aliphatic hydroxyl groups is 1. The summed E-state index contributed by atoms with van der Waals surface area (Å²) in [5, 5.41) is 16.4. The predicted octanol–water partition coefficient (Wildman–Crippen LogP) is 5.59. The Morgan fingerprint density at radius 1 is 1.06 bits per heavy atom. The van der Waals surface area contributed by atoms with E-state index in [4.69, 9.17) is 16.3 Å². The number of anilines is 2. The number of carbonyl (C=O) groups is 3. The van der Waals surface area contributed by atoms with E-state index in [1.165, 1.54) is 5.01 Å². The van der Waals surface area contributed by atoms with E-state index in [-0.39, 0.29) is 43.3 Å². The van der Waals surface area contributed by atoms with Gasteiger partial charge in [0.15, 0.2) is 13.9 Å². The molecule has 3 aromatic rings. The highest BCUT2D eigenvalue weighted by Gasteiger charge is 2.66. The summed E-state index contributed by atoms with van der Waals surface area (Å²) in [6, 6.07) is 22.4. The number of nitrogens with zero attached hydrogens (tertiary/aromatic N) is 4. The molecular formula is C38H43ClN4O6Si. The molecule has 0 unspecified atom stereocenters. The van der Waals surface area contributed by atoms with Crippen LogP contribution >= 0.6 is 11.6 Å². The van der Waals surface area contributed by atoms with Gasteiger partial charge in [-0.15, -0.1) is 0 Å². The molecule has 5 atom stereocenters. The number of amides is 3. The van der Waals surface area contributed by atoms with Crippen molar-refractivity contribution < 1.29 is 29.0 Å². The molecule has 2 fully saturated rings. The fraction of sp³-hybridized carbons (Fsp3) is 0.421. The Labute approximate surface area is 298 Å². The first-order valence-corrected chi connectivity index (χ1v) is 20.8. The smallest absolute Gasteiger partial charge is 0.264 e. The molecule has 7 rings (SSSR count). The Morgan fingerprint density at radius 3 is 2.50 bits per heavy atom. The van der Waals surface area contributed by atoms with Gasteiger partial charge in [-0.2, -0.15) is 5.10 Å². The molecule has 0 aromatic heterocycles. The fourth-order valence-electron chi connectivity index (χ4n) is 8.57. The van der Waals surface area contributed by atoms with Gasteiger partial charge in [0.2, 0.25) is 11.8 Å². The molecule has 0 radical (unpaired) electrons. The van der Waals surface area contributed by atoms with Gasteiger partial charge in [-0.3, -0.25) is 14.4 Å². The van der Waals surface area contributed by atoms with E-state index in [2.05, 4.69) is 5.10 Å². The molecule has 0 aliphatic carbocycles. The molecule has 2 N–H and O–H groups in total. The number of hydrogen-bond donors (Lipinski definition) is 2. The Morgan fingerprint density at radius 2 is 1.80 bits per heavy atom. The van der Waals surface area contributed by atoms with Gasteiger partial charge in [-0.05, 0) is 67.4 Å². The van der Waals surface area contributed by atoms with Gasteiger partial charge in [0.05, 0.1) is 48.8 Å². The first-order chi connectivity index (χ1) is 23.9. The average molecular weight is 715 g/mol. The number of hydrazone groups is 1. The molecule has 262 valence electrons. The van der Waals surface area contributed by atoms with Crippen LogP contribution in [0.2, 0.25) is 23.7 Å². The lowest BCUT2D eigenvalue weighted by Gasteiger charge is -2.32. The zero-order valence-corrected chi connectivity index (χ0v) is 30.3. The van der Waals surface area contributed by atoms with Crippen molar-refractivity contribution in [1.29, 1.82) is 0 Å². The number of likely N-dealkylation sites (tertiary alicyclic amines) is 1. The minimum Gasteiger partial charge on any atom is -0.432 e. The second kappa shape index (κ2) is 13.4. The van der Waals surface area contributed by atoms with E-state index in [0.29, 0.717) is 41.3 Å². The van der Waals surface area contributed by atoms with E-state index in [1.54, 1.807) is 21.9 Å². The molecule has 1 spiro atoms. The Hall–Kier alpha value is -3.87. The minimum absolute atomic E-state index is 0.0125. The second-order valence-corrected chi connectivity index (χ2v) is 18.9.